The van der Waals surface area contributed by atoms with Crippen molar-refractivity contribution in [1.82, 2.24) is 14.8 Å². The Labute approximate surface area is 214 Å². The van der Waals surface area contributed by atoms with Crippen molar-refractivity contribution in [3.63, 3.8) is 0 Å². The van der Waals surface area contributed by atoms with E-state index in [-0.39, 0.29) is 5.91 Å². The second kappa shape index (κ2) is 10.1. The van der Waals surface area contributed by atoms with Gasteiger partial charge in [0.1, 0.15) is 23.3 Å². The van der Waals surface area contributed by atoms with Gasteiger partial charge in [-0.2, -0.15) is 4.98 Å². The zero-order valence-corrected chi connectivity index (χ0v) is 21.0. The second-order valence-corrected chi connectivity index (χ2v) is 8.40. The highest BCUT2D eigenvalue weighted by Crippen LogP contribution is 2.40. The highest BCUT2D eigenvalue weighted by molar-refractivity contribution is 6.06. The number of benzene rings is 3. The molecule has 9 nitrogen and oxygen atoms in total. The van der Waals surface area contributed by atoms with E-state index in [1.807, 2.05) is 67.6 Å². The topological polar surface area (TPSA) is 99.5 Å². The Morgan fingerprint density at radius 1 is 0.919 bits per heavy atom. The normalized spacial score (nSPS) is 14.4. The molecule has 1 atom stereocenters. The summed E-state index contributed by atoms with van der Waals surface area (Å²) in [7, 11) is 4.79. The van der Waals surface area contributed by atoms with Gasteiger partial charge < -0.3 is 24.8 Å². The molecule has 5 rings (SSSR count). The van der Waals surface area contributed by atoms with Gasteiger partial charge in [0.2, 0.25) is 5.95 Å². The maximum absolute atomic E-state index is 13.8. The Balaban J connectivity index is 1.63. The van der Waals surface area contributed by atoms with Gasteiger partial charge in [-0.05, 0) is 37.3 Å². The standard InChI is InChI=1S/C28H27N5O4/c1-17-24(27(34)30-21-13-6-8-15-23(21)37-4)25(20-12-5-7-14-22(20)36-3)33-28(29-17)31-26(32-33)18-10-9-11-19(16-18)35-2/h5-16,25H,1-4H3,(H,30,34)(H,29,31,32). The Bertz CT molecular complexity index is 1490. The van der Waals surface area contributed by atoms with Crippen LogP contribution < -0.4 is 24.8 Å². The summed E-state index contributed by atoms with van der Waals surface area (Å²) >= 11 is 0. The minimum Gasteiger partial charge on any atom is -0.497 e. The Morgan fingerprint density at radius 2 is 1.65 bits per heavy atom. The lowest BCUT2D eigenvalue weighted by Crippen LogP contribution is -2.31. The van der Waals surface area contributed by atoms with Gasteiger partial charge in [0.15, 0.2) is 5.82 Å². The Morgan fingerprint density at radius 3 is 2.41 bits per heavy atom. The fraction of sp³-hybridized carbons (Fsp3) is 0.179. The van der Waals surface area contributed by atoms with Gasteiger partial charge in [-0.25, -0.2) is 4.68 Å². The maximum Gasteiger partial charge on any atom is 0.255 e. The SMILES string of the molecule is COc1cccc(-c2nc3n(n2)C(c2ccccc2OC)C(C(=O)Nc2ccccc2OC)=C(C)N3)c1. The molecule has 1 aliphatic heterocycles. The lowest BCUT2D eigenvalue weighted by Gasteiger charge is -2.29. The average Bonchev–Trinajstić information content (AvgIpc) is 3.36. The van der Waals surface area contributed by atoms with Crippen molar-refractivity contribution in [3.05, 3.63) is 89.6 Å². The van der Waals surface area contributed by atoms with Crippen molar-refractivity contribution < 1.29 is 19.0 Å². The van der Waals surface area contributed by atoms with E-state index in [0.29, 0.717) is 46.0 Å². The molecule has 1 amide bonds. The van der Waals surface area contributed by atoms with Crippen LogP contribution in [0.25, 0.3) is 11.4 Å². The first-order valence-electron chi connectivity index (χ1n) is 11.7. The minimum atomic E-state index is -0.603. The van der Waals surface area contributed by atoms with Crippen LogP contribution in [0.2, 0.25) is 0 Å². The lowest BCUT2D eigenvalue weighted by molar-refractivity contribution is -0.113. The van der Waals surface area contributed by atoms with Gasteiger partial charge in [0.05, 0.1) is 32.6 Å². The molecule has 0 saturated carbocycles. The summed E-state index contributed by atoms with van der Waals surface area (Å²) in [6, 6.07) is 21.8. The number of carbonyl (C=O) groups is 1. The summed E-state index contributed by atoms with van der Waals surface area (Å²) in [6.45, 7) is 1.85. The van der Waals surface area contributed by atoms with Gasteiger partial charge in [-0.15, -0.1) is 5.10 Å². The summed E-state index contributed by atoms with van der Waals surface area (Å²) < 4.78 is 18.2. The number of anilines is 2. The molecular formula is C28H27N5O4. The zero-order valence-electron chi connectivity index (χ0n) is 21.0. The highest BCUT2D eigenvalue weighted by Gasteiger charge is 2.36. The summed E-state index contributed by atoms with van der Waals surface area (Å²) in [5.74, 6) is 2.61. The third-order valence-electron chi connectivity index (χ3n) is 6.21. The first kappa shape index (κ1) is 23.9. The molecule has 1 aliphatic rings. The predicted molar refractivity (Wildman–Crippen MR) is 141 cm³/mol. The molecule has 1 unspecified atom stereocenters. The molecule has 4 aromatic rings. The van der Waals surface area contributed by atoms with Crippen molar-refractivity contribution >= 4 is 17.5 Å². The van der Waals surface area contributed by atoms with Crippen LogP contribution in [0, 0.1) is 0 Å². The number of nitrogens with zero attached hydrogens (tertiary/aromatic N) is 3. The predicted octanol–water partition coefficient (Wildman–Crippen LogP) is 4.90. The minimum absolute atomic E-state index is 0.297. The molecule has 0 saturated heterocycles. The maximum atomic E-state index is 13.8. The number of carbonyl (C=O) groups excluding carboxylic acids is 1. The van der Waals surface area contributed by atoms with Crippen molar-refractivity contribution in [3.8, 4) is 28.6 Å². The van der Waals surface area contributed by atoms with E-state index < -0.39 is 6.04 Å². The van der Waals surface area contributed by atoms with Crippen molar-refractivity contribution in [2.24, 2.45) is 0 Å². The molecule has 1 aromatic heterocycles. The molecule has 0 radical (unpaired) electrons. The molecule has 0 bridgehead atoms. The van der Waals surface area contributed by atoms with E-state index in [1.165, 1.54) is 0 Å². The Kier molecular flexibility index (Phi) is 6.51. The zero-order chi connectivity index (χ0) is 25.9. The molecule has 188 valence electrons. The third-order valence-corrected chi connectivity index (χ3v) is 6.21. The monoisotopic (exact) mass is 497 g/mol. The number of hydrogen-bond donors (Lipinski definition) is 2. The molecule has 0 spiro atoms. The van der Waals surface area contributed by atoms with Crippen LogP contribution in [-0.2, 0) is 4.79 Å². The molecule has 0 aliphatic carbocycles. The second-order valence-electron chi connectivity index (χ2n) is 8.40. The van der Waals surface area contributed by atoms with Gasteiger partial charge in [-0.1, -0.05) is 42.5 Å². The molecule has 3 aromatic carbocycles. The molecular weight excluding hydrogens is 470 g/mol. The molecule has 37 heavy (non-hydrogen) atoms. The third kappa shape index (κ3) is 4.47. The number of aromatic nitrogens is 3. The summed E-state index contributed by atoms with van der Waals surface area (Å²) in [5.41, 5.74) is 3.26. The number of ether oxygens (including phenoxy) is 3. The van der Waals surface area contributed by atoms with Crippen LogP contribution >= 0.6 is 0 Å². The van der Waals surface area contributed by atoms with E-state index in [1.54, 1.807) is 38.1 Å². The fourth-order valence-electron chi connectivity index (χ4n) is 4.45. The number of allylic oxidation sites excluding steroid dienone is 1. The van der Waals surface area contributed by atoms with Gasteiger partial charge in [-0.3, -0.25) is 4.79 Å². The van der Waals surface area contributed by atoms with Crippen LogP contribution in [0.3, 0.4) is 0 Å². The van der Waals surface area contributed by atoms with Crippen LogP contribution in [0.4, 0.5) is 11.6 Å². The van der Waals surface area contributed by atoms with E-state index in [0.717, 1.165) is 11.1 Å². The number of rotatable bonds is 7. The van der Waals surface area contributed by atoms with Crippen LogP contribution in [0.1, 0.15) is 18.5 Å². The lowest BCUT2D eigenvalue weighted by atomic mass is 9.94. The number of fused-ring (bicyclic) bond motifs is 1. The number of para-hydroxylation sites is 3. The van der Waals surface area contributed by atoms with E-state index in [9.17, 15) is 4.79 Å². The van der Waals surface area contributed by atoms with Crippen LogP contribution in [-0.4, -0.2) is 42.0 Å². The number of amides is 1. The summed E-state index contributed by atoms with van der Waals surface area (Å²) in [5, 5.41) is 11.1. The van der Waals surface area contributed by atoms with Crippen LogP contribution in [0.5, 0.6) is 17.2 Å². The highest BCUT2D eigenvalue weighted by atomic mass is 16.5. The van der Waals surface area contributed by atoms with Crippen molar-refractivity contribution in [1.29, 1.82) is 0 Å². The largest absolute Gasteiger partial charge is 0.497 e. The first-order valence-corrected chi connectivity index (χ1v) is 11.7. The molecule has 9 heteroatoms. The van der Waals surface area contributed by atoms with E-state index in [4.69, 9.17) is 24.3 Å². The van der Waals surface area contributed by atoms with Gasteiger partial charge in [0, 0.05) is 16.8 Å². The smallest absolute Gasteiger partial charge is 0.255 e. The Hall–Kier alpha value is -4.79. The van der Waals surface area contributed by atoms with Crippen LogP contribution in [0.15, 0.2) is 84.1 Å². The summed E-state index contributed by atoms with van der Waals surface area (Å²) in [4.78, 5) is 18.6. The summed E-state index contributed by atoms with van der Waals surface area (Å²) in [6.07, 6.45) is 0. The van der Waals surface area contributed by atoms with Gasteiger partial charge in [0.25, 0.3) is 5.91 Å². The molecule has 2 heterocycles. The van der Waals surface area contributed by atoms with Crippen molar-refractivity contribution in [2.75, 3.05) is 32.0 Å². The number of hydrogen-bond acceptors (Lipinski definition) is 7. The average molecular weight is 498 g/mol. The number of methoxy groups -OCH3 is 3. The first-order chi connectivity index (χ1) is 18.0. The van der Waals surface area contributed by atoms with Crippen molar-refractivity contribution in [2.45, 2.75) is 13.0 Å². The fourth-order valence-corrected chi connectivity index (χ4v) is 4.45. The number of nitrogens with one attached hydrogen (secondary N) is 2. The quantitative estimate of drug-likeness (QED) is 0.375. The molecule has 0 fully saturated rings. The van der Waals surface area contributed by atoms with E-state index in [2.05, 4.69) is 10.6 Å². The van der Waals surface area contributed by atoms with E-state index >= 15 is 0 Å². The van der Waals surface area contributed by atoms with Gasteiger partial charge >= 0.3 is 0 Å². The molecule has 2 N–H and O–H groups in total.